The minimum absolute atomic E-state index is 0.127. The third kappa shape index (κ3) is 5.57. The topological polar surface area (TPSA) is 90.9 Å². The average Bonchev–Trinajstić information content (AvgIpc) is 2.68. The molecule has 2 aromatic rings. The molecule has 0 atom stereocenters. The van der Waals surface area contributed by atoms with Crippen LogP contribution in [0, 0.1) is 0 Å². The van der Waals surface area contributed by atoms with E-state index in [1.807, 2.05) is 6.92 Å². The van der Waals surface area contributed by atoms with E-state index in [0.717, 1.165) is 11.3 Å². The van der Waals surface area contributed by atoms with Gasteiger partial charge in [0.2, 0.25) is 5.91 Å². The van der Waals surface area contributed by atoms with Gasteiger partial charge in [0.15, 0.2) is 0 Å². The summed E-state index contributed by atoms with van der Waals surface area (Å²) in [7, 11) is 2.47. The number of nitrogens with one attached hydrogen (secondary N) is 1. The second kappa shape index (κ2) is 9.38. The van der Waals surface area contributed by atoms with Crippen molar-refractivity contribution in [2.24, 2.45) is 0 Å². The molecule has 1 N–H and O–H groups in total. The molecule has 7 nitrogen and oxygen atoms in total. The van der Waals surface area contributed by atoms with Gasteiger partial charge in [0.05, 0.1) is 38.4 Å². The van der Waals surface area contributed by atoms with E-state index in [1.165, 1.54) is 32.4 Å². The second-order valence-electron chi connectivity index (χ2n) is 5.58. The molecule has 0 radical (unpaired) electrons. The molecule has 0 aliphatic rings. The van der Waals surface area contributed by atoms with E-state index in [9.17, 15) is 14.4 Å². The van der Waals surface area contributed by atoms with Crippen LogP contribution in [-0.4, -0.2) is 38.7 Å². The summed E-state index contributed by atoms with van der Waals surface area (Å²) in [5.41, 5.74) is 1.37. The predicted octanol–water partition coefficient (Wildman–Crippen LogP) is 2.84. The minimum atomic E-state index is -0.622. The molecular formula is C20H21NO6. The van der Waals surface area contributed by atoms with E-state index in [1.54, 1.807) is 24.3 Å². The summed E-state index contributed by atoms with van der Waals surface area (Å²) < 4.78 is 14.7. The van der Waals surface area contributed by atoms with E-state index in [2.05, 4.69) is 14.8 Å². The van der Waals surface area contributed by atoms with Crippen LogP contribution in [0.1, 0.15) is 33.2 Å². The van der Waals surface area contributed by atoms with Gasteiger partial charge in [-0.05, 0) is 42.8 Å². The second-order valence-corrected chi connectivity index (χ2v) is 5.58. The number of esters is 2. The maximum absolute atomic E-state index is 12.3. The number of rotatable bonds is 7. The first-order chi connectivity index (χ1) is 13.0. The summed E-state index contributed by atoms with van der Waals surface area (Å²) in [4.78, 5) is 35.9. The van der Waals surface area contributed by atoms with Crippen LogP contribution in [0.3, 0.4) is 0 Å². The van der Waals surface area contributed by atoms with Gasteiger partial charge >= 0.3 is 11.9 Å². The third-order valence-corrected chi connectivity index (χ3v) is 3.66. The maximum atomic E-state index is 12.3. The zero-order valence-corrected chi connectivity index (χ0v) is 15.4. The van der Waals surface area contributed by atoms with Gasteiger partial charge < -0.3 is 19.5 Å². The summed E-state index contributed by atoms with van der Waals surface area (Å²) >= 11 is 0. The van der Waals surface area contributed by atoms with Crippen molar-refractivity contribution in [1.82, 2.24) is 0 Å². The lowest BCUT2D eigenvalue weighted by atomic mass is 10.1. The summed E-state index contributed by atoms with van der Waals surface area (Å²) in [6.07, 6.45) is 0.127. The lowest BCUT2D eigenvalue weighted by Crippen LogP contribution is -2.16. The lowest BCUT2D eigenvalue weighted by Gasteiger charge is -2.10. The van der Waals surface area contributed by atoms with Crippen LogP contribution >= 0.6 is 0 Å². The highest BCUT2D eigenvalue weighted by molar-refractivity contribution is 5.99. The Balaban J connectivity index is 2.15. The van der Waals surface area contributed by atoms with Crippen LogP contribution < -0.4 is 10.1 Å². The van der Waals surface area contributed by atoms with Crippen molar-refractivity contribution in [2.45, 2.75) is 13.3 Å². The monoisotopic (exact) mass is 371 g/mol. The largest absolute Gasteiger partial charge is 0.494 e. The average molecular weight is 371 g/mol. The Labute approximate surface area is 157 Å². The molecule has 1 amide bonds. The minimum Gasteiger partial charge on any atom is -0.494 e. The molecule has 0 heterocycles. The van der Waals surface area contributed by atoms with Crippen molar-refractivity contribution in [3.05, 3.63) is 59.2 Å². The number of ether oxygens (including phenoxy) is 3. The van der Waals surface area contributed by atoms with Gasteiger partial charge in [0, 0.05) is 5.69 Å². The number of hydrogen-bond acceptors (Lipinski definition) is 6. The highest BCUT2D eigenvalue weighted by Crippen LogP contribution is 2.18. The van der Waals surface area contributed by atoms with Crippen molar-refractivity contribution in [3.63, 3.8) is 0 Å². The highest BCUT2D eigenvalue weighted by Gasteiger charge is 2.15. The van der Waals surface area contributed by atoms with E-state index in [0.29, 0.717) is 12.3 Å². The Morgan fingerprint density at radius 1 is 0.889 bits per heavy atom. The number of anilines is 1. The molecular weight excluding hydrogens is 350 g/mol. The fraction of sp³-hybridized carbons (Fsp3) is 0.250. The van der Waals surface area contributed by atoms with Gasteiger partial charge in [-0.15, -0.1) is 0 Å². The molecule has 7 heteroatoms. The van der Waals surface area contributed by atoms with Crippen LogP contribution in [-0.2, 0) is 20.7 Å². The summed E-state index contributed by atoms with van der Waals surface area (Å²) in [6.45, 7) is 2.46. The molecule has 0 saturated heterocycles. The van der Waals surface area contributed by atoms with Gasteiger partial charge in [-0.25, -0.2) is 9.59 Å². The van der Waals surface area contributed by atoms with Crippen LogP contribution in [0.2, 0.25) is 0 Å². The highest BCUT2D eigenvalue weighted by atomic mass is 16.5. The molecule has 142 valence electrons. The Bertz CT molecular complexity index is 795. The van der Waals surface area contributed by atoms with Crippen molar-refractivity contribution < 1.29 is 28.6 Å². The number of amides is 1. The molecule has 0 aliphatic heterocycles. The number of benzene rings is 2. The number of hydrogen-bond donors (Lipinski definition) is 1. The Hall–Kier alpha value is -3.35. The van der Waals surface area contributed by atoms with Crippen molar-refractivity contribution in [2.75, 3.05) is 26.1 Å². The molecule has 0 aliphatic carbocycles. The molecule has 2 aromatic carbocycles. The quantitative estimate of drug-likeness (QED) is 0.753. The Morgan fingerprint density at radius 3 is 1.93 bits per heavy atom. The maximum Gasteiger partial charge on any atom is 0.337 e. The first-order valence-corrected chi connectivity index (χ1v) is 8.30. The summed E-state index contributed by atoms with van der Waals surface area (Å²) in [5, 5.41) is 2.68. The van der Waals surface area contributed by atoms with Crippen molar-refractivity contribution in [3.8, 4) is 5.75 Å². The van der Waals surface area contributed by atoms with Gasteiger partial charge in [0.25, 0.3) is 0 Å². The molecule has 0 aromatic heterocycles. The van der Waals surface area contributed by atoms with Crippen LogP contribution in [0.5, 0.6) is 5.75 Å². The van der Waals surface area contributed by atoms with E-state index in [4.69, 9.17) is 4.74 Å². The van der Waals surface area contributed by atoms with Gasteiger partial charge in [-0.3, -0.25) is 4.79 Å². The Kier molecular flexibility index (Phi) is 6.93. The fourth-order valence-electron chi connectivity index (χ4n) is 2.43. The zero-order valence-electron chi connectivity index (χ0n) is 15.4. The molecule has 0 spiro atoms. The zero-order chi connectivity index (χ0) is 19.8. The number of carbonyl (C=O) groups excluding carboxylic acids is 3. The molecule has 0 bridgehead atoms. The first-order valence-electron chi connectivity index (χ1n) is 8.30. The Morgan fingerprint density at radius 2 is 1.44 bits per heavy atom. The van der Waals surface area contributed by atoms with Gasteiger partial charge in [-0.2, -0.15) is 0 Å². The van der Waals surface area contributed by atoms with Crippen molar-refractivity contribution in [1.29, 1.82) is 0 Å². The standard InChI is InChI=1S/C20H21NO6/c1-4-27-17-7-5-13(6-8-17)9-18(22)21-16-11-14(19(23)25-2)10-15(12-16)20(24)26-3/h5-8,10-12H,4,9H2,1-3H3,(H,21,22). The van der Waals surface area contributed by atoms with Gasteiger partial charge in [-0.1, -0.05) is 12.1 Å². The predicted molar refractivity (Wildman–Crippen MR) is 99.1 cm³/mol. The van der Waals surface area contributed by atoms with Crippen LogP contribution in [0.15, 0.2) is 42.5 Å². The number of methoxy groups -OCH3 is 2. The van der Waals surface area contributed by atoms with E-state index in [-0.39, 0.29) is 23.5 Å². The lowest BCUT2D eigenvalue weighted by molar-refractivity contribution is -0.115. The SMILES string of the molecule is CCOc1ccc(CC(=O)Nc2cc(C(=O)OC)cc(C(=O)OC)c2)cc1. The van der Waals surface area contributed by atoms with Gasteiger partial charge in [0.1, 0.15) is 5.75 Å². The van der Waals surface area contributed by atoms with E-state index >= 15 is 0 Å². The smallest absolute Gasteiger partial charge is 0.337 e. The van der Waals surface area contributed by atoms with Crippen molar-refractivity contribution >= 4 is 23.5 Å². The first kappa shape index (κ1) is 20.0. The third-order valence-electron chi connectivity index (χ3n) is 3.66. The van der Waals surface area contributed by atoms with Crippen LogP contribution in [0.4, 0.5) is 5.69 Å². The molecule has 0 unspecified atom stereocenters. The molecule has 0 fully saturated rings. The molecule has 2 rings (SSSR count). The summed E-state index contributed by atoms with van der Waals surface area (Å²) in [5.74, 6) is -0.808. The fourth-order valence-corrected chi connectivity index (χ4v) is 2.43. The molecule has 27 heavy (non-hydrogen) atoms. The molecule has 0 saturated carbocycles. The number of carbonyl (C=O) groups is 3. The summed E-state index contributed by atoms with van der Waals surface area (Å²) in [6, 6.07) is 11.4. The van der Waals surface area contributed by atoms with Crippen LogP contribution in [0.25, 0.3) is 0 Å². The normalized spacial score (nSPS) is 10.0. The van der Waals surface area contributed by atoms with E-state index < -0.39 is 11.9 Å².